The number of nitrogens with zero attached hydrogens (tertiary/aromatic N) is 2. The van der Waals surface area contributed by atoms with Gasteiger partial charge < -0.3 is 14.4 Å². The van der Waals surface area contributed by atoms with Crippen LogP contribution in [0, 0.1) is 11.3 Å². The highest BCUT2D eigenvalue weighted by atomic mass is 35.5. The number of carbonyl (C=O) groups excluding carboxylic acids is 1. The summed E-state index contributed by atoms with van der Waals surface area (Å²) >= 11 is 6.23. The number of amides is 1. The van der Waals surface area contributed by atoms with Gasteiger partial charge in [-0.1, -0.05) is 23.7 Å². The number of halogens is 1. The Morgan fingerprint density at radius 1 is 1.23 bits per heavy atom. The maximum atomic E-state index is 13.1. The molecule has 0 aliphatic heterocycles. The molecule has 0 saturated carbocycles. The Morgan fingerprint density at radius 2 is 1.88 bits per heavy atom. The van der Waals surface area contributed by atoms with E-state index in [1.807, 2.05) is 26.0 Å². The molecule has 0 aliphatic carbocycles. The minimum absolute atomic E-state index is 0.160. The molecule has 1 amide bonds. The van der Waals surface area contributed by atoms with E-state index in [-0.39, 0.29) is 11.9 Å². The van der Waals surface area contributed by atoms with Crippen LogP contribution in [0.3, 0.4) is 0 Å². The summed E-state index contributed by atoms with van der Waals surface area (Å²) in [6.45, 7) is 4.39. The fourth-order valence-corrected chi connectivity index (χ4v) is 3.10. The van der Waals surface area contributed by atoms with Gasteiger partial charge in [-0.3, -0.25) is 4.79 Å². The minimum Gasteiger partial charge on any atom is -0.493 e. The van der Waals surface area contributed by atoms with Gasteiger partial charge in [-0.05, 0) is 43.7 Å². The first-order valence-electron chi connectivity index (χ1n) is 8.19. The van der Waals surface area contributed by atoms with Crippen LogP contribution >= 0.6 is 11.6 Å². The second-order valence-electron chi connectivity index (χ2n) is 5.69. The Bertz CT molecular complexity index is 828. The first kappa shape index (κ1) is 19.6. The van der Waals surface area contributed by atoms with E-state index < -0.39 is 0 Å². The summed E-state index contributed by atoms with van der Waals surface area (Å²) in [5.74, 6) is 0.645. The predicted octanol–water partition coefficient (Wildman–Crippen LogP) is 4.45. The summed E-state index contributed by atoms with van der Waals surface area (Å²) < 4.78 is 10.5. The maximum Gasteiger partial charge on any atom is 0.254 e. The van der Waals surface area contributed by atoms with Gasteiger partial charge in [-0.15, -0.1) is 0 Å². The van der Waals surface area contributed by atoms with Crippen molar-refractivity contribution < 1.29 is 14.3 Å². The van der Waals surface area contributed by atoms with E-state index in [4.69, 9.17) is 26.3 Å². The molecule has 0 heterocycles. The van der Waals surface area contributed by atoms with Gasteiger partial charge in [0.2, 0.25) is 0 Å². The third-order valence-electron chi connectivity index (χ3n) is 4.27. The van der Waals surface area contributed by atoms with E-state index in [0.717, 1.165) is 5.56 Å². The van der Waals surface area contributed by atoms with Gasteiger partial charge in [0.1, 0.15) is 0 Å². The Hall–Kier alpha value is -2.71. The molecular formula is C20H21ClN2O3. The lowest BCUT2D eigenvalue weighted by atomic mass is 10.0. The molecule has 26 heavy (non-hydrogen) atoms. The number of benzene rings is 2. The van der Waals surface area contributed by atoms with E-state index in [1.165, 1.54) is 14.2 Å². The third-order valence-corrected chi connectivity index (χ3v) is 4.55. The lowest BCUT2D eigenvalue weighted by molar-refractivity contribution is 0.0702. The molecule has 0 N–H and O–H groups in total. The Labute approximate surface area is 158 Å². The number of carbonyl (C=O) groups is 1. The average Bonchev–Trinajstić information content (AvgIpc) is 2.67. The van der Waals surface area contributed by atoms with Crippen molar-refractivity contribution in [2.75, 3.05) is 20.8 Å². The van der Waals surface area contributed by atoms with Crippen LogP contribution in [0.2, 0.25) is 5.02 Å². The van der Waals surface area contributed by atoms with Crippen LogP contribution in [0.4, 0.5) is 0 Å². The minimum atomic E-state index is -0.160. The van der Waals surface area contributed by atoms with Crippen LogP contribution in [0.15, 0.2) is 36.4 Å². The predicted molar refractivity (Wildman–Crippen MR) is 101 cm³/mol. The zero-order valence-electron chi connectivity index (χ0n) is 15.2. The zero-order valence-corrected chi connectivity index (χ0v) is 16.0. The monoisotopic (exact) mass is 372 g/mol. The molecule has 136 valence electrons. The number of hydrogen-bond acceptors (Lipinski definition) is 4. The second-order valence-corrected chi connectivity index (χ2v) is 6.10. The summed E-state index contributed by atoms with van der Waals surface area (Å²) in [4.78, 5) is 14.8. The molecule has 0 aromatic heterocycles. The highest BCUT2D eigenvalue weighted by Gasteiger charge is 2.23. The third kappa shape index (κ3) is 3.92. The summed E-state index contributed by atoms with van der Waals surface area (Å²) in [5, 5.41) is 9.25. The molecule has 0 radical (unpaired) electrons. The molecule has 0 spiro atoms. The highest BCUT2D eigenvalue weighted by molar-refractivity contribution is 6.32. The van der Waals surface area contributed by atoms with Crippen molar-refractivity contribution in [1.82, 2.24) is 4.90 Å². The van der Waals surface area contributed by atoms with Crippen LogP contribution in [0.5, 0.6) is 11.5 Å². The van der Waals surface area contributed by atoms with Crippen LogP contribution in [-0.4, -0.2) is 31.6 Å². The molecule has 1 atom stereocenters. The Morgan fingerprint density at radius 3 is 2.38 bits per heavy atom. The fraction of sp³-hybridized carbons (Fsp3) is 0.300. The molecule has 0 fully saturated rings. The molecular weight excluding hydrogens is 352 g/mol. The van der Waals surface area contributed by atoms with Crippen molar-refractivity contribution in [2.45, 2.75) is 19.9 Å². The number of nitriles is 1. The summed E-state index contributed by atoms with van der Waals surface area (Å²) in [7, 11) is 3.00. The van der Waals surface area contributed by atoms with Crippen molar-refractivity contribution in [3.05, 3.63) is 58.1 Å². The van der Waals surface area contributed by atoms with E-state index in [2.05, 4.69) is 6.07 Å². The highest BCUT2D eigenvalue weighted by Crippen LogP contribution is 2.36. The molecule has 5 nitrogen and oxygen atoms in total. The number of hydrogen-bond donors (Lipinski definition) is 0. The van der Waals surface area contributed by atoms with Crippen LogP contribution in [-0.2, 0) is 0 Å². The smallest absolute Gasteiger partial charge is 0.254 e. The molecule has 2 aromatic rings. The molecule has 0 aliphatic rings. The Balaban J connectivity index is 2.36. The second kappa shape index (κ2) is 8.59. The van der Waals surface area contributed by atoms with Gasteiger partial charge in [0, 0.05) is 12.1 Å². The van der Waals surface area contributed by atoms with E-state index in [9.17, 15) is 4.79 Å². The number of rotatable bonds is 6. The van der Waals surface area contributed by atoms with Gasteiger partial charge in [-0.2, -0.15) is 5.26 Å². The summed E-state index contributed by atoms with van der Waals surface area (Å²) in [6, 6.07) is 12.4. The molecule has 2 aromatic carbocycles. The topological polar surface area (TPSA) is 62.6 Å². The van der Waals surface area contributed by atoms with Crippen LogP contribution in [0.1, 0.15) is 41.4 Å². The van der Waals surface area contributed by atoms with Crippen LogP contribution in [0.25, 0.3) is 0 Å². The molecule has 1 unspecified atom stereocenters. The first-order chi connectivity index (χ1) is 12.5. The van der Waals surface area contributed by atoms with Crippen molar-refractivity contribution in [3.63, 3.8) is 0 Å². The largest absolute Gasteiger partial charge is 0.493 e. The van der Waals surface area contributed by atoms with Crippen molar-refractivity contribution in [2.24, 2.45) is 0 Å². The maximum absolute atomic E-state index is 13.1. The Kier molecular flexibility index (Phi) is 6.48. The van der Waals surface area contributed by atoms with E-state index in [0.29, 0.717) is 34.2 Å². The number of ether oxygens (including phenoxy) is 2. The molecule has 0 bridgehead atoms. The van der Waals surface area contributed by atoms with Crippen molar-refractivity contribution in [1.29, 1.82) is 5.26 Å². The van der Waals surface area contributed by atoms with E-state index in [1.54, 1.807) is 29.2 Å². The van der Waals surface area contributed by atoms with Crippen molar-refractivity contribution in [3.8, 4) is 17.6 Å². The quantitative estimate of drug-likeness (QED) is 0.751. The molecule has 0 saturated heterocycles. The van der Waals surface area contributed by atoms with Gasteiger partial charge in [-0.25, -0.2) is 0 Å². The molecule has 6 heteroatoms. The number of methoxy groups -OCH3 is 2. The SMILES string of the molecule is CCN(C(=O)c1cc(Cl)c(OC)c(OC)c1)C(C)c1ccc(C#N)cc1. The van der Waals surface area contributed by atoms with Crippen LogP contribution < -0.4 is 9.47 Å². The lowest BCUT2D eigenvalue weighted by Gasteiger charge is -2.29. The normalized spacial score (nSPS) is 11.4. The first-order valence-corrected chi connectivity index (χ1v) is 8.57. The summed E-state index contributed by atoms with van der Waals surface area (Å²) in [6.07, 6.45) is 0. The van der Waals surface area contributed by atoms with Gasteiger partial charge in [0.15, 0.2) is 11.5 Å². The lowest BCUT2D eigenvalue weighted by Crippen LogP contribution is -2.33. The molecule has 2 rings (SSSR count). The van der Waals surface area contributed by atoms with E-state index >= 15 is 0 Å². The average molecular weight is 373 g/mol. The van der Waals surface area contributed by atoms with Gasteiger partial charge in [0.25, 0.3) is 5.91 Å². The fourth-order valence-electron chi connectivity index (χ4n) is 2.82. The standard InChI is InChI=1S/C20H21ClN2O3/c1-5-23(13(2)15-8-6-14(12-22)7-9-15)20(24)16-10-17(21)19(26-4)18(11-16)25-3/h6-11,13H,5H2,1-4H3. The van der Waals surface area contributed by atoms with Gasteiger partial charge in [0.05, 0.1) is 36.9 Å². The summed E-state index contributed by atoms with van der Waals surface area (Å²) in [5.41, 5.74) is 1.96. The zero-order chi connectivity index (χ0) is 19.3. The van der Waals surface area contributed by atoms with Crippen molar-refractivity contribution >= 4 is 17.5 Å². The van der Waals surface area contributed by atoms with Gasteiger partial charge >= 0.3 is 0 Å².